The summed E-state index contributed by atoms with van der Waals surface area (Å²) in [6.07, 6.45) is -2.22. The van der Waals surface area contributed by atoms with Crippen molar-refractivity contribution in [3.8, 4) is 0 Å². The normalized spacial score (nSPS) is 30.1. The third-order valence-electron chi connectivity index (χ3n) is 4.19. The number of ether oxygens (including phenoxy) is 2. The maximum absolute atomic E-state index is 10.1. The standard InChI is InChI=1S/C14H22N2O4/c1-14(19-2,20-3)8-6-4-5-7-9(8)11(16)13(18)12(17)10(7)15/h4-6,10-13,17-18H,15-16H2,1-3H3/t10-,11+,12+,13-/m0/s1. The van der Waals surface area contributed by atoms with E-state index in [4.69, 9.17) is 20.9 Å². The molecule has 0 aromatic heterocycles. The molecular formula is C14H22N2O4. The monoisotopic (exact) mass is 282 g/mol. The number of methoxy groups -OCH3 is 2. The number of benzene rings is 1. The van der Waals surface area contributed by atoms with Gasteiger partial charge in [0.1, 0.15) is 12.2 Å². The highest BCUT2D eigenvalue weighted by molar-refractivity contribution is 5.45. The van der Waals surface area contributed by atoms with E-state index in [1.54, 1.807) is 13.0 Å². The number of aliphatic hydroxyl groups excluding tert-OH is 2. The molecule has 112 valence electrons. The summed E-state index contributed by atoms with van der Waals surface area (Å²) in [5.74, 6) is -0.995. The molecule has 2 rings (SSSR count). The van der Waals surface area contributed by atoms with Gasteiger partial charge in [-0.2, -0.15) is 0 Å². The van der Waals surface area contributed by atoms with Gasteiger partial charge in [-0.15, -0.1) is 0 Å². The van der Waals surface area contributed by atoms with E-state index in [2.05, 4.69) is 0 Å². The summed E-state index contributed by atoms with van der Waals surface area (Å²) in [6.45, 7) is 1.76. The van der Waals surface area contributed by atoms with Gasteiger partial charge in [0, 0.05) is 19.8 Å². The highest BCUT2D eigenvalue weighted by atomic mass is 16.7. The van der Waals surface area contributed by atoms with Crippen LogP contribution < -0.4 is 11.5 Å². The average molecular weight is 282 g/mol. The van der Waals surface area contributed by atoms with Gasteiger partial charge in [-0.25, -0.2) is 0 Å². The molecule has 0 amide bonds. The van der Waals surface area contributed by atoms with Gasteiger partial charge in [0.15, 0.2) is 5.79 Å². The van der Waals surface area contributed by atoms with Crippen molar-refractivity contribution in [1.29, 1.82) is 0 Å². The van der Waals surface area contributed by atoms with Gasteiger partial charge in [-0.1, -0.05) is 18.2 Å². The molecule has 1 aliphatic carbocycles. The third-order valence-corrected chi connectivity index (χ3v) is 4.19. The van der Waals surface area contributed by atoms with Crippen molar-refractivity contribution < 1.29 is 19.7 Å². The number of rotatable bonds is 3. The molecule has 0 spiro atoms. The highest BCUT2D eigenvalue weighted by Gasteiger charge is 2.42. The Morgan fingerprint density at radius 2 is 1.60 bits per heavy atom. The summed E-state index contributed by atoms with van der Waals surface area (Å²) < 4.78 is 10.8. The summed E-state index contributed by atoms with van der Waals surface area (Å²) in [7, 11) is 3.06. The lowest BCUT2D eigenvalue weighted by Crippen LogP contribution is -2.49. The minimum Gasteiger partial charge on any atom is -0.388 e. The highest BCUT2D eigenvalue weighted by Crippen LogP contribution is 2.40. The van der Waals surface area contributed by atoms with E-state index in [1.807, 2.05) is 12.1 Å². The van der Waals surface area contributed by atoms with Crippen LogP contribution in [0.2, 0.25) is 0 Å². The Hall–Kier alpha value is -1.02. The van der Waals surface area contributed by atoms with E-state index in [1.165, 1.54) is 14.2 Å². The summed E-state index contributed by atoms with van der Waals surface area (Å²) >= 11 is 0. The first kappa shape index (κ1) is 15.4. The molecule has 1 aliphatic rings. The predicted octanol–water partition coefficient (Wildman–Crippen LogP) is -0.113. The number of hydrogen-bond acceptors (Lipinski definition) is 6. The zero-order chi connectivity index (χ0) is 15.1. The second kappa shape index (κ2) is 5.40. The van der Waals surface area contributed by atoms with E-state index >= 15 is 0 Å². The Labute approximate surface area is 118 Å². The molecule has 0 heterocycles. The first-order valence-electron chi connectivity index (χ1n) is 6.48. The average Bonchev–Trinajstić information content (AvgIpc) is 2.49. The van der Waals surface area contributed by atoms with Crippen LogP contribution in [0.25, 0.3) is 0 Å². The molecule has 0 fully saturated rings. The van der Waals surface area contributed by atoms with Gasteiger partial charge in [0.2, 0.25) is 0 Å². The molecule has 1 aromatic rings. The third kappa shape index (κ3) is 2.14. The molecule has 1 aromatic carbocycles. The fourth-order valence-corrected chi connectivity index (χ4v) is 2.72. The Bertz CT molecular complexity index is 490. The van der Waals surface area contributed by atoms with Crippen LogP contribution in [0.4, 0.5) is 0 Å². The second-order valence-electron chi connectivity index (χ2n) is 5.20. The Morgan fingerprint density at radius 1 is 1.05 bits per heavy atom. The zero-order valence-corrected chi connectivity index (χ0v) is 11.9. The predicted molar refractivity (Wildman–Crippen MR) is 73.7 cm³/mol. The molecule has 0 aliphatic heterocycles. The van der Waals surface area contributed by atoms with Crippen molar-refractivity contribution in [1.82, 2.24) is 0 Å². The summed E-state index contributed by atoms with van der Waals surface area (Å²) in [5.41, 5.74) is 14.1. The van der Waals surface area contributed by atoms with Gasteiger partial charge in [0.25, 0.3) is 0 Å². The van der Waals surface area contributed by atoms with Crippen LogP contribution in [0.5, 0.6) is 0 Å². The maximum atomic E-state index is 10.1. The minimum absolute atomic E-state index is 0.670. The Morgan fingerprint density at radius 3 is 2.15 bits per heavy atom. The smallest absolute Gasteiger partial charge is 0.191 e. The quantitative estimate of drug-likeness (QED) is 0.576. The van der Waals surface area contributed by atoms with Crippen LogP contribution >= 0.6 is 0 Å². The number of aliphatic hydroxyl groups is 2. The minimum atomic E-state index is -1.13. The molecule has 20 heavy (non-hydrogen) atoms. The molecule has 6 nitrogen and oxygen atoms in total. The largest absolute Gasteiger partial charge is 0.388 e. The first-order valence-corrected chi connectivity index (χ1v) is 6.48. The molecule has 0 bridgehead atoms. The fourth-order valence-electron chi connectivity index (χ4n) is 2.72. The van der Waals surface area contributed by atoms with Crippen LogP contribution in [-0.2, 0) is 15.3 Å². The van der Waals surface area contributed by atoms with E-state index < -0.39 is 30.1 Å². The number of hydrogen-bond donors (Lipinski definition) is 4. The van der Waals surface area contributed by atoms with Crippen molar-refractivity contribution >= 4 is 0 Å². The Balaban J connectivity index is 2.65. The summed E-state index contributed by atoms with van der Waals surface area (Å²) in [4.78, 5) is 0. The van der Waals surface area contributed by atoms with Crippen LogP contribution in [-0.4, -0.2) is 36.6 Å². The molecule has 6 heteroatoms. The van der Waals surface area contributed by atoms with Gasteiger partial charge in [0.05, 0.1) is 12.1 Å². The van der Waals surface area contributed by atoms with Gasteiger partial charge in [-0.05, 0) is 18.1 Å². The van der Waals surface area contributed by atoms with E-state index in [9.17, 15) is 10.2 Å². The van der Waals surface area contributed by atoms with Crippen molar-refractivity contribution in [2.24, 2.45) is 11.5 Å². The molecule has 0 saturated carbocycles. The van der Waals surface area contributed by atoms with Crippen molar-refractivity contribution in [2.45, 2.75) is 37.0 Å². The van der Waals surface area contributed by atoms with Crippen LogP contribution in [0.3, 0.4) is 0 Å². The van der Waals surface area contributed by atoms with Crippen LogP contribution in [0, 0.1) is 0 Å². The van der Waals surface area contributed by atoms with Crippen molar-refractivity contribution in [3.63, 3.8) is 0 Å². The lowest BCUT2D eigenvalue weighted by Gasteiger charge is -2.40. The first-order chi connectivity index (χ1) is 9.37. The van der Waals surface area contributed by atoms with Crippen molar-refractivity contribution in [3.05, 3.63) is 34.9 Å². The SMILES string of the molecule is COC(C)(OC)c1cccc2c1[C@@H](N)[C@H](O)[C@H](O)[C@H]2N. The number of fused-ring (bicyclic) bond motifs is 1. The lowest BCUT2D eigenvalue weighted by molar-refractivity contribution is -0.202. The van der Waals surface area contributed by atoms with Crippen molar-refractivity contribution in [2.75, 3.05) is 14.2 Å². The van der Waals surface area contributed by atoms with Gasteiger partial charge < -0.3 is 31.2 Å². The summed E-state index contributed by atoms with van der Waals surface area (Å²) in [6, 6.07) is 3.98. The van der Waals surface area contributed by atoms with E-state index in [0.717, 1.165) is 0 Å². The van der Waals surface area contributed by atoms with Gasteiger partial charge >= 0.3 is 0 Å². The molecular weight excluding hydrogens is 260 g/mol. The van der Waals surface area contributed by atoms with Crippen LogP contribution in [0.15, 0.2) is 18.2 Å². The van der Waals surface area contributed by atoms with E-state index in [-0.39, 0.29) is 0 Å². The molecule has 0 saturated heterocycles. The molecule has 4 atom stereocenters. The second-order valence-corrected chi connectivity index (χ2v) is 5.20. The maximum Gasteiger partial charge on any atom is 0.191 e. The van der Waals surface area contributed by atoms with E-state index in [0.29, 0.717) is 16.7 Å². The number of nitrogens with two attached hydrogens (primary N) is 2. The zero-order valence-electron chi connectivity index (χ0n) is 11.9. The summed E-state index contributed by atoms with van der Waals surface area (Å²) in [5, 5.41) is 20.0. The van der Waals surface area contributed by atoms with Gasteiger partial charge in [-0.3, -0.25) is 0 Å². The topological polar surface area (TPSA) is 111 Å². The molecule has 0 radical (unpaired) electrons. The Kier molecular flexibility index (Phi) is 4.15. The molecule has 0 unspecified atom stereocenters. The fraction of sp³-hybridized carbons (Fsp3) is 0.571. The molecule has 6 N–H and O–H groups in total. The van der Waals surface area contributed by atoms with Crippen LogP contribution in [0.1, 0.15) is 35.7 Å². The lowest BCUT2D eigenvalue weighted by atomic mass is 9.77.